The summed E-state index contributed by atoms with van der Waals surface area (Å²) in [6.07, 6.45) is 3.30. The molecule has 0 atom stereocenters. The van der Waals surface area contributed by atoms with E-state index in [1.807, 2.05) is 0 Å². The van der Waals surface area contributed by atoms with Crippen LogP contribution in [0.2, 0.25) is 0 Å². The lowest BCUT2D eigenvalue weighted by molar-refractivity contribution is 0.742. The molecule has 2 aromatic heterocycles. The fraction of sp³-hybridized carbons (Fsp3) is 0.364. The molecule has 0 aromatic carbocycles. The van der Waals surface area contributed by atoms with Crippen LogP contribution < -0.4 is 5.73 Å². The molecule has 2 heterocycles. The van der Waals surface area contributed by atoms with Crippen molar-refractivity contribution in [1.82, 2.24) is 4.98 Å². The van der Waals surface area contributed by atoms with Crippen LogP contribution in [0.25, 0.3) is 11.3 Å². The summed E-state index contributed by atoms with van der Waals surface area (Å²) in [5.74, 6) is 0. The van der Waals surface area contributed by atoms with Crippen molar-refractivity contribution in [3.63, 3.8) is 0 Å². The minimum absolute atomic E-state index is 0.781. The molecule has 0 unspecified atom stereocenters. The SMILES string of the molecule is NCCCCc1nc(-c2ccsc2)cs1. The van der Waals surface area contributed by atoms with Gasteiger partial charge >= 0.3 is 0 Å². The van der Waals surface area contributed by atoms with Gasteiger partial charge in [0.2, 0.25) is 0 Å². The van der Waals surface area contributed by atoms with Crippen molar-refractivity contribution in [1.29, 1.82) is 0 Å². The molecule has 0 bridgehead atoms. The Hall–Kier alpha value is -0.710. The number of thiophene rings is 1. The Bertz CT molecular complexity index is 392. The maximum absolute atomic E-state index is 5.46. The summed E-state index contributed by atoms with van der Waals surface area (Å²) in [6, 6.07) is 2.11. The van der Waals surface area contributed by atoms with E-state index in [1.165, 1.54) is 10.6 Å². The lowest BCUT2D eigenvalue weighted by Gasteiger charge is -1.94. The van der Waals surface area contributed by atoms with Gasteiger partial charge in [0.05, 0.1) is 10.7 Å². The Morgan fingerprint density at radius 2 is 2.20 bits per heavy atom. The Morgan fingerprint density at radius 3 is 2.93 bits per heavy atom. The van der Waals surface area contributed by atoms with Crippen LogP contribution >= 0.6 is 22.7 Å². The molecule has 0 aliphatic carbocycles. The summed E-state index contributed by atoms with van der Waals surface area (Å²) in [7, 11) is 0. The highest BCUT2D eigenvalue weighted by Gasteiger charge is 2.04. The predicted octanol–water partition coefficient (Wildman–Crippen LogP) is 3.15. The maximum Gasteiger partial charge on any atom is 0.0932 e. The van der Waals surface area contributed by atoms with E-state index >= 15 is 0 Å². The van der Waals surface area contributed by atoms with E-state index in [4.69, 9.17) is 5.73 Å². The Labute approximate surface area is 97.8 Å². The molecule has 80 valence electrons. The van der Waals surface area contributed by atoms with Gasteiger partial charge in [-0.05, 0) is 37.3 Å². The van der Waals surface area contributed by atoms with Crippen molar-refractivity contribution < 1.29 is 0 Å². The number of rotatable bonds is 5. The minimum Gasteiger partial charge on any atom is -0.330 e. The van der Waals surface area contributed by atoms with E-state index in [0.29, 0.717) is 0 Å². The molecule has 0 spiro atoms. The molecule has 4 heteroatoms. The molecule has 2 aromatic rings. The van der Waals surface area contributed by atoms with Gasteiger partial charge in [-0.3, -0.25) is 0 Å². The predicted molar refractivity (Wildman–Crippen MR) is 67.4 cm³/mol. The largest absolute Gasteiger partial charge is 0.330 e. The van der Waals surface area contributed by atoms with Crippen molar-refractivity contribution in [2.45, 2.75) is 19.3 Å². The number of nitrogens with zero attached hydrogens (tertiary/aromatic N) is 1. The number of thiazole rings is 1. The summed E-state index contributed by atoms with van der Waals surface area (Å²) in [5, 5.41) is 7.59. The fourth-order valence-corrected chi connectivity index (χ4v) is 2.89. The Balaban J connectivity index is 1.98. The van der Waals surface area contributed by atoms with E-state index < -0.39 is 0 Å². The van der Waals surface area contributed by atoms with Gasteiger partial charge in [-0.1, -0.05) is 0 Å². The maximum atomic E-state index is 5.46. The first-order valence-electron chi connectivity index (χ1n) is 5.07. The Kier molecular flexibility index (Phi) is 3.88. The molecular weight excluding hydrogens is 224 g/mol. The summed E-state index contributed by atoms with van der Waals surface area (Å²) in [6.45, 7) is 0.781. The van der Waals surface area contributed by atoms with Crippen LogP contribution in [0.5, 0.6) is 0 Å². The van der Waals surface area contributed by atoms with E-state index in [2.05, 4.69) is 27.2 Å². The Morgan fingerprint density at radius 1 is 1.27 bits per heavy atom. The van der Waals surface area contributed by atoms with Crippen molar-refractivity contribution in [2.75, 3.05) is 6.54 Å². The zero-order chi connectivity index (χ0) is 10.5. The van der Waals surface area contributed by atoms with Crippen LogP contribution in [0.1, 0.15) is 17.8 Å². The van der Waals surface area contributed by atoms with Gasteiger partial charge in [-0.25, -0.2) is 4.98 Å². The number of nitrogens with two attached hydrogens (primary N) is 1. The third kappa shape index (κ3) is 2.87. The third-order valence-corrected chi connectivity index (χ3v) is 3.81. The molecule has 2 rings (SSSR count). The summed E-state index contributed by atoms with van der Waals surface area (Å²) in [5.41, 5.74) is 7.81. The molecule has 0 saturated carbocycles. The van der Waals surface area contributed by atoms with E-state index in [0.717, 1.165) is 31.5 Å². The first kappa shape index (κ1) is 10.8. The zero-order valence-corrected chi connectivity index (χ0v) is 10.1. The van der Waals surface area contributed by atoms with Crippen LogP contribution in [0, 0.1) is 0 Å². The molecule has 0 saturated heterocycles. The topological polar surface area (TPSA) is 38.9 Å². The molecule has 0 aliphatic rings. The normalized spacial score (nSPS) is 10.7. The van der Waals surface area contributed by atoms with Crippen LogP contribution in [0.4, 0.5) is 0 Å². The van der Waals surface area contributed by atoms with Crippen LogP contribution in [0.3, 0.4) is 0 Å². The summed E-state index contributed by atoms with van der Waals surface area (Å²) < 4.78 is 0. The summed E-state index contributed by atoms with van der Waals surface area (Å²) in [4.78, 5) is 4.61. The monoisotopic (exact) mass is 238 g/mol. The number of hydrogen-bond donors (Lipinski definition) is 1. The fourth-order valence-electron chi connectivity index (χ4n) is 1.39. The number of aromatic nitrogens is 1. The number of unbranched alkanes of at least 4 members (excludes halogenated alkanes) is 1. The second-order valence-electron chi connectivity index (χ2n) is 3.38. The lowest BCUT2D eigenvalue weighted by atomic mass is 10.2. The van der Waals surface area contributed by atoms with Gasteiger partial charge in [-0.2, -0.15) is 11.3 Å². The highest BCUT2D eigenvalue weighted by atomic mass is 32.1. The van der Waals surface area contributed by atoms with Gasteiger partial charge in [-0.15, -0.1) is 11.3 Å². The van der Waals surface area contributed by atoms with Gasteiger partial charge in [0, 0.05) is 16.3 Å². The van der Waals surface area contributed by atoms with Crippen molar-refractivity contribution in [3.05, 3.63) is 27.2 Å². The molecule has 0 fully saturated rings. The van der Waals surface area contributed by atoms with Crippen molar-refractivity contribution >= 4 is 22.7 Å². The van der Waals surface area contributed by atoms with E-state index in [9.17, 15) is 0 Å². The average Bonchev–Trinajstić information content (AvgIpc) is 2.87. The number of aryl methyl sites for hydroxylation is 1. The standard InChI is InChI=1S/C11H14N2S2/c12-5-2-1-3-11-13-10(8-15-11)9-4-6-14-7-9/h4,6-8H,1-3,5,12H2. The quantitative estimate of drug-likeness (QED) is 0.813. The third-order valence-electron chi connectivity index (χ3n) is 2.21. The minimum atomic E-state index is 0.781. The molecule has 2 nitrogen and oxygen atoms in total. The van der Waals surface area contributed by atoms with Gasteiger partial charge in [0.1, 0.15) is 0 Å². The summed E-state index contributed by atoms with van der Waals surface area (Å²) >= 11 is 3.46. The van der Waals surface area contributed by atoms with Gasteiger partial charge < -0.3 is 5.73 Å². The first-order chi connectivity index (χ1) is 7.40. The molecule has 0 radical (unpaired) electrons. The van der Waals surface area contributed by atoms with E-state index in [-0.39, 0.29) is 0 Å². The molecular formula is C11H14N2S2. The van der Waals surface area contributed by atoms with Gasteiger partial charge in [0.15, 0.2) is 0 Å². The molecule has 15 heavy (non-hydrogen) atoms. The van der Waals surface area contributed by atoms with Gasteiger partial charge in [0.25, 0.3) is 0 Å². The molecule has 2 N–H and O–H groups in total. The lowest BCUT2D eigenvalue weighted by Crippen LogP contribution is -1.98. The number of hydrogen-bond acceptors (Lipinski definition) is 4. The molecule has 0 aliphatic heterocycles. The van der Waals surface area contributed by atoms with Crippen LogP contribution in [0.15, 0.2) is 22.2 Å². The van der Waals surface area contributed by atoms with Crippen LogP contribution in [-0.4, -0.2) is 11.5 Å². The second kappa shape index (κ2) is 5.39. The highest BCUT2D eigenvalue weighted by Crippen LogP contribution is 2.24. The molecule has 0 amide bonds. The van der Waals surface area contributed by atoms with E-state index in [1.54, 1.807) is 22.7 Å². The zero-order valence-electron chi connectivity index (χ0n) is 8.48. The highest BCUT2D eigenvalue weighted by molar-refractivity contribution is 7.10. The first-order valence-corrected chi connectivity index (χ1v) is 6.89. The second-order valence-corrected chi connectivity index (χ2v) is 5.11. The average molecular weight is 238 g/mol. The van der Waals surface area contributed by atoms with Crippen LogP contribution in [-0.2, 0) is 6.42 Å². The smallest absolute Gasteiger partial charge is 0.0932 e. The van der Waals surface area contributed by atoms with Crippen molar-refractivity contribution in [3.8, 4) is 11.3 Å². The van der Waals surface area contributed by atoms with Crippen molar-refractivity contribution in [2.24, 2.45) is 5.73 Å².